The van der Waals surface area contributed by atoms with Gasteiger partial charge in [0.15, 0.2) is 10.8 Å². The van der Waals surface area contributed by atoms with Crippen molar-refractivity contribution in [3.63, 3.8) is 0 Å². The molecule has 0 aliphatic carbocycles. The maximum Gasteiger partial charge on any atom is 0.404 e. The van der Waals surface area contributed by atoms with Gasteiger partial charge in [0.2, 0.25) is 0 Å². The maximum atomic E-state index is 12.7. The molecule has 0 saturated carbocycles. The van der Waals surface area contributed by atoms with Crippen LogP contribution in [0, 0.1) is 0 Å². The van der Waals surface area contributed by atoms with E-state index in [1.807, 2.05) is 0 Å². The van der Waals surface area contributed by atoms with Crippen molar-refractivity contribution >= 4 is 50.4 Å². The fourth-order valence-electron chi connectivity index (χ4n) is 2.34. The number of aromatic nitrogens is 1. The summed E-state index contributed by atoms with van der Waals surface area (Å²) in [7, 11) is -4.99. The number of nitrogens with one attached hydrogen (secondary N) is 1. The fraction of sp³-hybridized carbons (Fsp3) is 0.417. The first-order valence-electron chi connectivity index (χ1n) is 8.02. The molecule has 0 spiro atoms. The Morgan fingerprint density at radius 1 is 1.48 bits per heavy atom. The summed E-state index contributed by atoms with van der Waals surface area (Å²) in [5, 5.41) is 10.5. The Morgan fingerprint density at radius 2 is 2.19 bits per heavy atom. The van der Waals surface area contributed by atoms with Crippen molar-refractivity contribution < 1.29 is 36.9 Å². The molecule has 1 aliphatic heterocycles. The zero-order chi connectivity index (χ0) is 23.2. The third-order valence-electron chi connectivity index (χ3n) is 3.58. The van der Waals surface area contributed by atoms with E-state index in [4.69, 9.17) is 26.4 Å². The van der Waals surface area contributed by atoms with Crippen LogP contribution in [0.2, 0.25) is 0 Å². The highest BCUT2D eigenvalue weighted by molar-refractivity contribution is 7.84. The van der Waals surface area contributed by atoms with Crippen LogP contribution in [-0.2, 0) is 29.5 Å². The van der Waals surface area contributed by atoms with Crippen LogP contribution in [0.4, 0.5) is 9.93 Å². The lowest BCUT2D eigenvalue weighted by atomic mass is 9.99. The van der Waals surface area contributed by atoms with Gasteiger partial charge in [-0.05, 0) is 5.53 Å². The van der Waals surface area contributed by atoms with Gasteiger partial charge in [-0.1, -0.05) is 10.3 Å². The first kappa shape index (κ1) is 23.6. The first-order chi connectivity index (χ1) is 14.6. The number of azide groups is 1. The number of thiazole rings is 1. The zero-order valence-electron chi connectivity index (χ0n) is 15.3. The molecular weight excluding hydrogens is 462 g/mol. The molecular formula is C12H15N9O8S2. The minimum Gasteiger partial charge on any atom is -0.447 e. The fourth-order valence-corrected chi connectivity index (χ4v) is 3.75. The van der Waals surface area contributed by atoms with E-state index in [-0.39, 0.29) is 28.3 Å². The second-order valence-electron chi connectivity index (χ2n) is 5.56. The van der Waals surface area contributed by atoms with E-state index in [0.29, 0.717) is 0 Å². The summed E-state index contributed by atoms with van der Waals surface area (Å²) in [6, 6.07) is -2.98. The molecule has 1 aliphatic rings. The molecule has 1 aromatic rings. The molecule has 1 fully saturated rings. The van der Waals surface area contributed by atoms with Gasteiger partial charge in [0.1, 0.15) is 31.0 Å². The van der Waals surface area contributed by atoms with Crippen LogP contribution in [0.15, 0.2) is 15.7 Å². The first-order valence-corrected chi connectivity index (χ1v) is 10.3. The Morgan fingerprint density at radius 3 is 2.74 bits per heavy atom. The van der Waals surface area contributed by atoms with Crippen LogP contribution in [0.25, 0.3) is 10.4 Å². The van der Waals surface area contributed by atoms with Gasteiger partial charge in [0.05, 0.1) is 6.54 Å². The number of rotatable bonds is 10. The monoisotopic (exact) mass is 477 g/mol. The second-order valence-corrected chi connectivity index (χ2v) is 7.74. The average molecular weight is 477 g/mol. The molecule has 17 nitrogen and oxygen atoms in total. The average Bonchev–Trinajstić information content (AvgIpc) is 3.10. The van der Waals surface area contributed by atoms with Crippen LogP contribution in [0.5, 0.6) is 0 Å². The molecule has 0 bridgehead atoms. The largest absolute Gasteiger partial charge is 0.447 e. The Bertz CT molecular complexity index is 1050. The number of ether oxygens (including phenoxy) is 1. The van der Waals surface area contributed by atoms with E-state index in [0.717, 1.165) is 11.3 Å². The predicted molar refractivity (Wildman–Crippen MR) is 103 cm³/mol. The molecule has 1 saturated heterocycles. The van der Waals surface area contributed by atoms with Gasteiger partial charge < -0.3 is 26.4 Å². The number of nitrogens with two attached hydrogens (primary N) is 2. The molecule has 3 amide bonds. The lowest BCUT2D eigenvalue weighted by molar-refractivity contribution is -0.146. The number of hydrogen-bond donors (Lipinski definition) is 4. The molecule has 2 rings (SSSR count). The van der Waals surface area contributed by atoms with Gasteiger partial charge in [-0.3, -0.25) is 14.1 Å². The van der Waals surface area contributed by atoms with Gasteiger partial charge in [-0.15, -0.1) is 11.3 Å². The van der Waals surface area contributed by atoms with Crippen molar-refractivity contribution in [1.29, 1.82) is 0 Å². The Balaban J connectivity index is 2.21. The zero-order valence-corrected chi connectivity index (χ0v) is 16.9. The van der Waals surface area contributed by atoms with Crippen LogP contribution < -0.4 is 16.8 Å². The number of carbonyl (C=O) groups excluding carboxylic acids is 3. The highest BCUT2D eigenvalue weighted by Gasteiger charge is 2.54. The summed E-state index contributed by atoms with van der Waals surface area (Å²) in [4.78, 5) is 46.9. The van der Waals surface area contributed by atoms with E-state index in [9.17, 15) is 22.8 Å². The summed E-state index contributed by atoms with van der Waals surface area (Å²) in [6.07, 6.45) is -1.27. The van der Waals surface area contributed by atoms with E-state index in [2.05, 4.69) is 30.2 Å². The summed E-state index contributed by atoms with van der Waals surface area (Å²) in [6.45, 7) is -1.01. The lowest BCUT2D eigenvalue weighted by Gasteiger charge is -2.43. The lowest BCUT2D eigenvalue weighted by Crippen LogP contribution is -2.73. The quantitative estimate of drug-likeness (QED) is 0.0435. The van der Waals surface area contributed by atoms with Crippen molar-refractivity contribution in [2.45, 2.75) is 12.1 Å². The summed E-state index contributed by atoms with van der Waals surface area (Å²) < 4.78 is 36.4. The van der Waals surface area contributed by atoms with Crippen molar-refractivity contribution in [2.24, 2.45) is 16.0 Å². The number of hydrogen-bond acceptors (Lipinski definition) is 12. The van der Waals surface area contributed by atoms with Gasteiger partial charge in [0, 0.05) is 10.3 Å². The molecule has 0 aromatic carbocycles. The molecule has 19 heteroatoms. The summed E-state index contributed by atoms with van der Waals surface area (Å²) in [5.41, 5.74) is 18.1. The third-order valence-corrected chi connectivity index (χ3v) is 5.20. The minimum absolute atomic E-state index is 0.0212. The normalized spacial score (nSPS) is 18.5. The number of oxime groups is 1. The van der Waals surface area contributed by atoms with E-state index in [1.165, 1.54) is 5.38 Å². The molecule has 0 radical (unpaired) electrons. The summed E-state index contributed by atoms with van der Waals surface area (Å²) >= 11 is 0.977. The van der Waals surface area contributed by atoms with Crippen LogP contribution in [-0.4, -0.2) is 77.7 Å². The number of nitrogens with zero attached hydrogens (tertiary/aromatic N) is 6. The van der Waals surface area contributed by atoms with E-state index in [1.54, 1.807) is 0 Å². The molecule has 2 atom stereocenters. The van der Waals surface area contributed by atoms with Crippen molar-refractivity contribution in [1.82, 2.24) is 14.6 Å². The highest BCUT2D eigenvalue weighted by Crippen LogP contribution is 2.24. The number of carbonyl (C=O) groups is 3. The van der Waals surface area contributed by atoms with Crippen molar-refractivity contribution in [2.75, 3.05) is 25.5 Å². The number of nitrogen functional groups attached to an aromatic ring is 1. The Kier molecular flexibility index (Phi) is 7.53. The van der Waals surface area contributed by atoms with E-state index < -0.39 is 52.6 Å². The summed E-state index contributed by atoms with van der Waals surface area (Å²) in [5.74, 6) is -2.22. The van der Waals surface area contributed by atoms with Crippen molar-refractivity contribution in [3.05, 3.63) is 21.5 Å². The molecule has 6 N–H and O–H groups in total. The number of amides is 3. The Labute approximate surface area is 177 Å². The number of β-lactam (4-membered cyclic amide) rings is 1. The molecule has 168 valence electrons. The number of anilines is 1. The minimum atomic E-state index is -4.99. The van der Waals surface area contributed by atoms with E-state index >= 15 is 0 Å². The van der Waals surface area contributed by atoms with Crippen LogP contribution in [0.3, 0.4) is 0 Å². The molecule has 1 aromatic heterocycles. The third kappa shape index (κ3) is 5.92. The van der Waals surface area contributed by atoms with Crippen LogP contribution >= 0.6 is 11.3 Å². The van der Waals surface area contributed by atoms with Crippen LogP contribution in [0.1, 0.15) is 5.69 Å². The molecule has 2 heterocycles. The SMILES string of the molecule is [N-]=[N+]=NCCO/N=C(\C(=O)N[C@@H]1C(=O)N(S(=O)(=O)O)[C@@H]1COC(N)=O)c1csc(N)n1. The van der Waals surface area contributed by atoms with Gasteiger partial charge in [-0.25, -0.2) is 14.1 Å². The number of primary amides is 1. The predicted octanol–water partition coefficient (Wildman–Crippen LogP) is -1.65. The van der Waals surface area contributed by atoms with Gasteiger partial charge in [-0.2, -0.15) is 8.42 Å². The smallest absolute Gasteiger partial charge is 0.404 e. The topological polar surface area (TPSA) is 265 Å². The highest BCUT2D eigenvalue weighted by atomic mass is 32.2. The second kappa shape index (κ2) is 9.89. The van der Waals surface area contributed by atoms with Gasteiger partial charge in [0.25, 0.3) is 11.8 Å². The van der Waals surface area contributed by atoms with Crippen molar-refractivity contribution in [3.8, 4) is 0 Å². The van der Waals surface area contributed by atoms with Gasteiger partial charge >= 0.3 is 16.4 Å². The maximum absolute atomic E-state index is 12.7. The standard InChI is InChI=1S/C12H15N9O8S2/c13-11-17-5(4-30-11)7(19-29-2-1-16-20-15)9(22)18-8-6(3-28-12(14)24)21(10(8)23)31(25,26)27/h4,6,8H,1-3H2,(H2,13,17)(H2,14,24)(H,18,22)(H,25,26,27)/b19-7-/t6-,8+/m1/s1. The Hall–Kier alpha value is -3.67. The molecule has 0 unspecified atom stereocenters. The molecule has 31 heavy (non-hydrogen) atoms.